The molecule has 126 valence electrons. The number of carbonyl (C=O) groups excluding carboxylic acids is 2. The molecule has 0 aromatic heterocycles. The van der Waals surface area contributed by atoms with E-state index in [9.17, 15) is 18.0 Å². The largest absolute Gasteiger partial charge is 0.497 e. The molecule has 2 rings (SSSR count). The van der Waals surface area contributed by atoms with Crippen molar-refractivity contribution in [2.45, 2.75) is 24.1 Å². The van der Waals surface area contributed by atoms with Gasteiger partial charge < -0.3 is 9.47 Å². The molecule has 1 saturated heterocycles. The summed E-state index contributed by atoms with van der Waals surface area (Å²) in [4.78, 5) is 25.1. The summed E-state index contributed by atoms with van der Waals surface area (Å²) in [5.41, 5.74) is -1.23. The van der Waals surface area contributed by atoms with Crippen molar-refractivity contribution in [3.8, 4) is 5.75 Å². The first-order valence-electron chi connectivity index (χ1n) is 6.92. The van der Waals surface area contributed by atoms with E-state index < -0.39 is 26.7 Å². The van der Waals surface area contributed by atoms with E-state index in [1.165, 1.54) is 45.2 Å². The number of Topliss-reactive ketones (excluding diaryl/α,β-unsaturated/α-hetero) is 1. The van der Waals surface area contributed by atoms with Crippen molar-refractivity contribution >= 4 is 21.7 Å². The van der Waals surface area contributed by atoms with Crippen LogP contribution in [-0.4, -0.2) is 51.3 Å². The van der Waals surface area contributed by atoms with Crippen LogP contribution >= 0.6 is 0 Å². The number of carbonyl (C=O) groups is 2. The van der Waals surface area contributed by atoms with Crippen LogP contribution < -0.4 is 4.74 Å². The molecule has 1 fully saturated rings. The molecule has 23 heavy (non-hydrogen) atoms. The van der Waals surface area contributed by atoms with Crippen molar-refractivity contribution < 1.29 is 27.5 Å². The lowest BCUT2D eigenvalue weighted by molar-refractivity contribution is -0.123. The van der Waals surface area contributed by atoms with E-state index in [0.717, 1.165) is 12.0 Å². The minimum absolute atomic E-state index is 0.0139. The SMILES string of the molecule is COC(=O)N1CC(=O)C(C)(C)[C@H]1S(=O)(=O)c1ccc(OC)cc1. The molecule has 8 heteroatoms. The molecule has 0 aliphatic carbocycles. The van der Waals surface area contributed by atoms with Gasteiger partial charge in [-0.1, -0.05) is 0 Å². The summed E-state index contributed by atoms with van der Waals surface area (Å²) < 4.78 is 35.6. The Kier molecular flexibility index (Phi) is 4.39. The molecule has 1 atom stereocenters. The fraction of sp³-hybridized carbons (Fsp3) is 0.467. The fourth-order valence-electron chi connectivity index (χ4n) is 2.70. The Hall–Kier alpha value is -2.09. The molecule has 0 spiro atoms. The maximum atomic E-state index is 13.0. The number of sulfone groups is 1. The van der Waals surface area contributed by atoms with E-state index in [0.29, 0.717) is 5.75 Å². The van der Waals surface area contributed by atoms with Crippen molar-refractivity contribution in [3.05, 3.63) is 24.3 Å². The third-order valence-electron chi connectivity index (χ3n) is 4.02. The van der Waals surface area contributed by atoms with Crippen molar-refractivity contribution in [1.29, 1.82) is 0 Å². The summed E-state index contributed by atoms with van der Waals surface area (Å²) in [5, 5.41) is -1.32. The number of hydrogen-bond donors (Lipinski definition) is 0. The topological polar surface area (TPSA) is 90.0 Å². The summed E-state index contributed by atoms with van der Waals surface area (Å²) in [5.74, 6) is 0.181. The van der Waals surface area contributed by atoms with Crippen molar-refractivity contribution in [1.82, 2.24) is 4.90 Å². The Morgan fingerprint density at radius 3 is 2.26 bits per heavy atom. The monoisotopic (exact) mass is 341 g/mol. The Bertz CT molecular complexity index is 723. The average Bonchev–Trinajstić information content (AvgIpc) is 2.77. The highest BCUT2D eigenvalue weighted by Gasteiger charge is 2.56. The lowest BCUT2D eigenvalue weighted by Crippen LogP contribution is -2.46. The summed E-state index contributed by atoms with van der Waals surface area (Å²) in [7, 11) is -1.34. The Morgan fingerprint density at radius 2 is 1.78 bits per heavy atom. The number of ether oxygens (including phenoxy) is 2. The van der Waals surface area contributed by atoms with Gasteiger partial charge in [-0.05, 0) is 38.1 Å². The minimum Gasteiger partial charge on any atom is -0.497 e. The second-order valence-electron chi connectivity index (χ2n) is 5.82. The quantitative estimate of drug-likeness (QED) is 0.827. The van der Waals surface area contributed by atoms with Crippen molar-refractivity contribution in [2.75, 3.05) is 20.8 Å². The Morgan fingerprint density at radius 1 is 1.22 bits per heavy atom. The van der Waals surface area contributed by atoms with Gasteiger partial charge in [0.05, 0.1) is 31.1 Å². The molecule has 1 heterocycles. The molecule has 0 bridgehead atoms. The second kappa shape index (κ2) is 5.84. The molecular weight excluding hydrogens is 322 g/mol. The number of nitrogens with zero attached hydrogens (tertiary/aromatic N) is 1. The van der Waals surface area contributed by atoms with Crippen molar-refractivity contribution in [2.24, 2.45) is 5.41 Å². The Labute approximate surface area is 135 Å². The molecule has 0 unspecified atom stereocenters. The maximum Gasteiger partial charge on any atom is 0.411 e. The third kappa shape index (κ3) is 2.78. The van der Waals surface area contributed by atoms with E-state index >= 15 is 0 Å². The minimum atomic E-state index is -3.96. The number of amides is 1. The zero-order valence-corrected chi connectivity index (χ0v) is 14.2. The van der Waals surface area contributed by atoms with Gasteiger partial charge in [0.15, 0.2) is 11.2 Å². The average molecular weight is 341 g/mol. The van der Waals surface area contributed by atoms with Gasteiger partial charge in [-0.25, -0.2) is 13.2 Å². The van der Waals surface area contributed by atoms with Crippen LogP contribution in [-0.2, 0) is 19.4 Å². The third-order valence-corrected chi connectivity index (χ3v) is 6.38. The van der Waals surface area contributed by atoms with Crippen LogP contribution in [0.25, 0.3) is 0 Å². The highest BCUT2D eigenvalue weighted by Crippen LogP contribution is 2.39. The van der Waals surface area contributed by atoms with Gasteiger partial charge in [-0.2, -0.15) is 0 Å². The number of hydrogen-bond acceptors (Lipinski definition) is 6. The van der Waals surface area contributed by atoms with Crippen LogP contribution in [0.2, 0.25) is 0 Å². The maximum absolute atomic E-state index is 13.0. The number of rotatable bonds is 3. The standard InChI is InChI=1S/C15H19NO6S/c1-15(2)12(17)9-16(14(18)22-4)13(15)23(19,20)11-7-5-10(21-3)6-8-11/h5-8,13H,9H2,1-4H3/t13-/m1/s1. The fourth-order valence-corrected chi connectivity index (χ4v) is 4.87. The molecule has 0 radical (unpaired) electrons. The first-order valence-corrected chi connectivity index (χ1v) is 8.46. The van der Waals surface area contributed by atoms with E-state index in [1.807, 2.05) is 0 Å². The predicted octanol–water partition coefficient (Wildman–Crippen LogP) is 1.47. The van der Waals surface area contributed by atoms with Gasteiger partial charge in [0.25, 0.3) is 0 Å². The van der Waals surface area contributed by atoms with E-state index in [2.05, 4.69) is 4.74 Å². The van der Waals surface area contributed by atoms with Crippen molar-refractivity contribution in [3.63, 3.8) is 0 Å². The second-order valence-corrected chi connectivity index (χ2v) is 7.82. The highest BCUT2D eigenvalue weighted by atomic mass is 32.2. The molecule has 1 amide bonds. The number of likely N-dealkylation sites (tertiary alicyclic amines) is 1. The predicted molar refractivity (Wildman–Crippen MR) is 81.9 cm³/mol. The first-order chi connectivity index (χ1) is 10.7. The van der Waals surface area contributed by atoms with Crippen LogP contribution in [0.15, 0.2) is 29.2 Å². The van der Waals surface area contributed by atoms with Gasteiger partial charge in [-0.15, -0.1) is 0 Å². The Balaban J connectivity index is 2.53. The normalized spacial score (nSPS) is 20.4. The number of benzene rings is 1. The summed E-state index contributed by atoms with van der Waals surface area (Å²) in [6, 6.07) is 5.81. The first kappa shape index (κ1) is 17.3. The summed E-state index contributed by atoms with van der Waals surface area (Å²) in [6.45, 7) is 2.74. The lowest BCUT2D eigenvalue weighted by Gasteiger charge is -2.29. The molecule has 1 aromatic carbocycles. The van der Waals surface area contributed by atoms with Crippen LogP contribution in [0, 0.1) is 5.41 Å². The molecule has 1 aliphatic rings. The zero-order valence-electron chi connectivity index (χ0n) is 13.4. The molecule has 0 saturated carbocycles. The highest BCUT2D eigenvalue weighted by molar-refractivity contribution is 7.92. The smallest absolute Gasteiger partial charge is 0.411 e. The van der Waals surface area contributed by atoms with E-state index in [4.69, 9.17) is 4.74 Å². The van der Waals surface area contributed by atoms with Crippen LogP contribution in [0.3, 0.4) is 0 Å². The number of methoxy groups -OCH3 is 2. The van der Waals surface area contributed by atoms with Gasteiger partial charge in [0.1, 0.15) is 5.75 Å². The molecular formula is C15H19NO6S. The van der Waals surface area contributed by atoms with Crippen LogP contribution in [0.1, 0.15) is 13.8 Å². The van der Waals surface area contributed by atoms with Gasteiger partial charge >= 0.3 is 6.09 Å². The van der Waals surface area contributed by atoms with E-state index in [-0.39, 0.29) is 17.2 Å². The molecule has 1 aromatic rings. The number of ketones is 1. The molecule has 0 N–H and O–H groups in total. The summed E-state index contributed by atoms with van der Waals surface area (Å²) in [6.07, 6.45) is -0.842. The van der Waals surface area contributed by atoms with E-state index in [1.54, 1.807) is 0 Å². The van der Waals surface area contributed by atoms with Crippen LogP contribution in [0.4, 0.5) is 4.79 Å². The lowest BCUT2D eigenvalue weighted by atomic mass is 9.91. The van der Waals surface area contributed by atoms with Gasteiger partial charge in [0.2, 0.25) is 9.84 Å². The molecule has 7 nitrogen and oxygen atoms in total. The summed E-state index contributed by atoms with van der Waals surface area (Å²) >= 11 is 0. The van der Waals surface area contributed by atoms with Crippen LogP contribution in [0.5, 0.6) is 5.75 Å². The molecule has 1 aliphatic heterocycles. The zero-order chi connectivity index (χ0) is 17.4. The van der Waals surface area contributed by atoms with Gasteiger partial charge in [-0.3, -0.25) is 9.69 Å². The van der Waals surface area contributed by atoms with Gasteiger partial charge in [0, 0.05) is 0 Å².